The van der Waals surface area contributed by atoms with E-state index in [0.717, 1.165) is 10.0 Å². The lowest BCUT2D eigenvalue weighted by molar-refractivity contribution is -0.121. The molecule has 0 saturated carbocycles. The standard InChI is InChI=1S/C15H14BrClN2O2/c16-12-4-2-1-3-10(12)8-21-9-15(20)19-14-7-11(17)5-6-13(14)18/h1-7H,8-9,18H2,(H,19,20). The fraction of sp³-hybridized carbons (Fsp3) is 0.133. The van der Waals surface area contributed by atoms with Gasteiger partial charge in [0.2, 0.25) is 5.91 Å². The molecule has 0 saturated heterocycles. The predicted molar refractivity (Wildman–Crippen MR) is 88.3 cm³/mol. The van der Waals surface area contributed by atoms with Gasteiger partial charge in [0.1, 0.15) is 6.61 Å². The summed E-state index contributed by atoms with van der Waals surface area (Å²) in [6, 6.07) is 12.6. The van der Waals surface area contributed by atoms with Crippen LogP contribution in [0.15, 0.2) is 46.9 Å². The number of nitrogens with two attached hydrogens (primary N) is 1. The number of hydrogen-bond acceptors (Lipinski definition) is 3. The molecule has 4 nitrogen and oxygen atoms in total. The fourth-order valence-electron chi connectivity index (χ4n) is 1.69. The molecule has 3 N–H and O–H groups in total. The smallest absolute Gasteiger partial charge is 0.250 e. The van der Waals surface area contributed by atoms with Crippen molar-refractivity contribution in [2.24, 2.45) is 0 Å². The molecule has 2 aromatic rings. The third-order valence-corrected chi connectivity index (χ3v) is 3.75. The predicted octanol–water partition coefficient (Wildman–Crippen LogP) is 3.84. The van der Waals surface area contributed by atoms with Crippen LogP contribution < -0.4 is 11.1 Å². The second kappa shape index (κ2) is 7.45. The Morgan fingerprint density at radius 3 is 2.81 bits per heavy atom. The van der Waals surface area contributed by atoms with Gasteiger partial charge in [-0.25, -0.2) is 0 Å². The minimum absolute atomic E-state index is 0.0622. The third-order valence-electron chi connectivity index (χ3n) is 2.74. The largest absolute Gasteiger partial charge is 0.397 e. The van der Waals surface area contributed by atoms with Crippen LogP contribution in [0, 0.1) is 0 Å². The molecule has 0 aromatic heterocycles. The Kier molecular flexibility index (Phi) is 5.61. The normalized spacial score (nSPS) is 10.4. The van der Waals surface area contributed by atoms with Crippen molar-refractivity contribution < 1.29 is 9.53 Å². The van der Waals surface area contributed by atoms with Crippen LogP contribution in [0.25, 0.3) is 0 Å². The van der Waals surface area contributed by atoms with E-state index in [4.69, 9.17) is 22.1 Å². The highest BCUT2D eigenvalue weighted by molar-refractivity contribution is 9.10. The molecular formula is C15H14BrClN2O2. The van der Waals surface area contributed by atoms with Gasteiger partial charge in [-0.05, 0) is 29.8 Å². The van der Waals surface area contributed by atoms with Gasteiger partial charge >= 0.3 is 0 Å². The molecule has 0 atom stereocenters. The van der Waals surface area contributed by atoms with Crippen LogP contribution in [-0.2, 0) is 16.1 Å². The summed E-state index contributed by atoms with van der Waals surface area (Å²) < 4.78 is 6.34. The zero-order valence-corrected chi connectivity index (χ0v) is 13.4. The van der Waals surface area contributed by atoms with E-state index < -0.39 is 0 Å². The fourth-order valence-corrected chi connectivity index (χ4v) is 2.26. The van der Waals surface area contributed by atoms with E-state index in [1.807, 2.05) is 24.3 Å². The number of ether oxygens (including phenoxy) is 1. The second-order valence-electron chi connectivity index (χ2n) is 4.36. The number of benzene rings is 2. The van der Waals surface area contributed by atoms with Crippen LogP contribution in [0.1, 0.15) is 5.56 Å². The molecule has 0 heterocycles. The molecule has 0 bridgehead atoms. The Morgan fingerprint density at radius 1 is 1.29 bits per heavy atom. The molecule has 1 amide bonds. The SMILES string of the molecule is Nc1ccc(Cl)cc1NC(=O)COCc1ccccc1Br. The summed E-state index contributed by atoms with van der Waals surface area (Å²) in [5, 5.41) is 3.17. The Morgan fingerprint density at radius 2 is 2.05 bits per heavy atom. The average molecular weight is 370 g/mol. The van der Waals surface area contributed by atoms with E-state index in [9.17, 15) is 4.79 Å². The Labute approximate surface area is 136 Å². The molecular weight excluding hydrogens is 356 g/mol. The maximum Gasteiger partial charge on any atom is 0.250 e. The summed E-state index contributed by atoms with van der Waals surface area (Å²) >= 11 is 9.28. The van der Waals surface area contributed by atoms with Crippen LogP contribution in [0.3, 0.4) is 0 Å². The van der Waals surface area contributed by atoms with E-state index in [1.165, 1.54) is 0 Å². The molecule has 0 unspecified atom stereocenters. The van der Waals surface area contributed by atoms with Gasteiger partial charge in [0, 0.05) is 9.50 Å². The highest BCUT2D eigenvalue weighted by atomic mass is 79.9. The summed E-state index contributed by atoms with van der Waals surface area (Å²) in [5.74, 6) is -0.281. The second-order valence-corrected chi connectivity index (χ2v) is 5.65. The molecule has 110 valence electrons. The molecule has 0 fully saturated rings. The van der Waals surface area contributed by atoms with Gasteiger partial charge in [-0.3, -0.25) is 4.79 Å². The van der Waals surface area contributed by atoms with Crippen molar-refractivity contribution in [2.45, 2.75) is 6.61 Å². The lowest BCUT2D eigenvalue weighted by Crippen LogP contribution is -2.19. The first-order chi connectivity index (χ1) is 10.1. The highest BCUT2D eigenvalue weighted by Gasteiger charge is 2.07. The van der Waals surface area contributed by atoms with Crippen molar-refractivity contribution in [2.75, 3.05) is 17.7 Å². The zero-order chi connectivity index (χ0) is 15.2. The third kappa shape index (κ3) is 4.74. The molecule has 0 aliphatic rings. The maximum absolute atomic E-state index is 11.8. The molecule has 2 aromatic carbocycles. The van der Waals surface area contributed by atoms with Crippen molar-refractivity contribution in [3.63, 3.8) is 0 Å². The van der Waals surface area contributed by atoms with E-state index in [2.05, 4.69) is 21.2 Å². The van der Waals surface area contributed by atoms with E-state index in [-0.39, 0.29) is 12.5 Å². The highest BCUT2D eigenvalue weighted by Crippen LogP contribution is 2.22. The van der Waals surface area contributed by atoms with Crippen molar-refractivity contribution >= 4 is 44.8 Å². The number of hydrogen-bond donors (Lipinski definition) is 2. The number of nitrogens with one attached hydrogen (secondary N) is 1. The number of carbonyl (C=O) groups is 1. The van der Waals surface area contributed by atoms with Crippen LogP contribution in [0.4, 0.5) is 11.4 Å². The van der Waals surface area contributed by atoms with E-state index >= 15 is 0 Å². The first-order valence-corrected chi connectivity index (χ1v) is 7.39. The molecule has 0 aliphatic heterocycles. The minimum Gasteiger partial charge on any atom is -0.397 e. The van der Waals surface area contributed by atoms with Gasteiger partial charge in [0.25, 0.3) is 0 Å². The molecule has 0 aliphatic carbocycles. The average Bonchev–Trinajstić information content (AvgIpc) is 2.45. The van der Waals surface area contributed by atoms with Crippen LogP contribution >= 0.6 is 27.5 Å². The van der Waals surface area contributed by atoms with Gasteiger partial charge in [-0.2, -0.15) is 0 Å². The van der Waals surface area contributed by atoms with Crippen LogP contribution in [0.2, 0.25) is 5.02 Å². The number of carbonyl (C=O) groups excluding carboxylic acids is 1. The molecule has 6 heteroatoms. The van der Waals surface area contributed by atoms with Crippen molar-refractivity contribution in [3.8, 4) is 0 Å². The van der Waals surface area contributed by atoms with Crippen molar-refractivity contribution in [1.82, 2.24) is 0 Å². The lowest BCUT2D eigenvalue weighted by Gasteiger charge is -2.09. The van der Waals surface area contributed by atoms with Gasteiger partial charge in [0.15, 0.2) is 0 Å². The summed E-state index contributed by atoms with van der Waals surface area (Å²) in [7, 11) is 0. The Bertz CT molecular complexity index is 649. The first-order valence-electron chi connectivity index (χ1n) is 6.22. The van der Waals surface area contributed by atoms with E-state index in [1.54, 1.807) is 18.2 Å². The van der Waals surface area contributed by atoms with Crippen molar-refractivity contribution in [3.05, 3.63) is 57.5 Å². The quantitative estimate of drug-likeness (QED) is 0.787. The Hall–Kier alpha value is -1.56. The number of amides is 1. The molecule has 0 radical (unpaired) electrons. The summed E-state index contributed by atoms with van der Waals surface area (Å²) in [4.78, 5) is 11.8. The minimum atomic E-state index is -0.281. The molecule has 0 spiro atoms. The summed E-state index contributed by atoms with van der Waals surface area (Å²) in [6.07, 6.45) is 0. The van der Waals surface area contributed by atoms with Gasteiger partial charge < -0.3 is 15.8 Å². The number of rotatable bonds is 5. The zero-order valence-electron chi connectivity index (χ0n) is 11.1. The van der Waals surface area contributed by atoms with Crippen LogP contribution in [-0.4, -0.2) is 12.5 Å². The molecule has 21 heavy (non-hydrogen) atoms. The Balaban J connectivity index is 1.85. The van der Waals surface area contributed by atoms with Crippen molar-refractivity contribution in [1.29, 1.82) is 0 Å². The summed E-state index contributed by atoms with van der Waals surface area (Å²) in [5.41, 5.74) is 7.68. The van der Waals surface area contributed by atoms with Gasteiger partial charge in [-0.1, -0.05) is 45.7 Å². The van der Waals surface area contributed by atoms with Gasteiger partial charge in [0.05, 0.1) is 18.0 Å². The number of anilines is 2. The summed E-state index contributed by atoms with van der Waals surface area (Å²) in [6.45, 7) is 0.285. The van der Waals surface area contributed by atoms with Crippen LogP contribution in [0.5, 0.6) is 0 Å². The van der Waals surface area contributed by atoms with Gasteiger partial charge in [-0.15, -0.1) is 0 Å². The monoisotopic (exact) mass is 368 g/mol. The lowest BCUT2D eigenvalue weighted by atomic mass is 10.2. The topological polar surface area (TPSA) is 64.3 Å². The number of nitrogen functional groups attached to an aromatic ring is 1. The number of halogens is 2. The molecule has 2 rings (SSSR count). The maximum atomic E-state index is 11.8. The van der Waals surface area contributed by atoms with E-state index in [0.29, 0.717) is 23.0 Å². The first kappa shape index (κ1) is 15.8.